The maximum atomic E-state index is 11.0. The third kappa shape index (κ3) is 4.97. The van der Waals surface area contributed by atoms with Crippen molar-refractivity contribution in [2.75, 3.05) is 6.54 Å². The first-order valence-electron chi connectivity index (χ1n) is 5.40. The van der Waals surface area contributed by atoms with Gasteiger partial charge in [0.05, 0.1) is 0 Å². The van der Waals surface area contributed by atoms with Gasteiger partial charge in [0.25, 0.3) is 0 Å². The second-order valence-corrected chi connectivity index (χ2v) is 3.66. The quantitative estimate of drug-likeness (QED) is 0.751. The number of hydrogen-bond acceptors (Lipinski definition) is 2. The Morgan fingerprint density at radius 2 is 2.18 bits per heavy atom. The lowest BCUT2D eigenvalue weighted by Crippen LogP contribution is -2.20. The molecule has 0 radical (unpaired) electrons. The zero-order chi connectivity index (χ0) is 12.7. The van der Waals surface area contributed by atoms with Crippen LogP contribution in [-0.4, -0.2) is 18.4 Å². The summed E-state index contributed by atoms with van der Waals surface area (Å²) in [4.78, 5) is 21.6. The van der Waals surface area contributed by atoms with Crippen LogP contribution < -0.4 is 11.1 Å². The highest BCUT2D eigenvalue weighted by atomic mass is 16.1. The molecule has 0 aliphatic rings. The first-order valence-corrected chi connectivity index (χ1v) is 5.40. The van der Waals surface area contributed by atoms with Gasteiger partial charge >= 0.3 is 0 Å². The van der Waals surface area contributed by atoms with E-state index >= 15 is 0 Å². The molecule has 17 heavy (non-hydrogen) atoms. The van der Waals surface area contributed by atoms with Crippen LogP contribution in [0.1, 0.15) is 29.3 Å². The van der Waals surface area contributed by atoms with E-state index in [4.69, 9.17) is 5.73 Å². The van der Waals surface area contributed by atoms with E-state index in [-0.39, 0.29) is 5.91 Å². The molecule has 0 heterocycles. The summed E-state index contributed by atoms with van der Waals surface area (Å²) in [5.74, 6) is -0.465. The Morgan fingerprint density at radius 3 is 2.82 bits per heavy atom. The molecular weight excluding hydrogens is 216 g/mol. The number of primary amides is 1. The Kier molecular flexibility index (Phi) is 4.94. The zero-order valence-electron chi connectivity index (χ0n) is 9.77. The van der Waals surface area contributed by atoms with Crippen molar-refractivity contribution in [3.63, 3.8) is 0 Å². The van der Waals surface area contributed by atoms with Gasteiger partial charge in [0, 0.05) is 19.0 Å². The van der Waals surface area contributed by atoms with E-state index in [0.29, 0.717) is 12.1 Å². The first-order chi connectivity index (χ1) is 8.09. The number of amides is 2. The van der Waals surface area contributed by atoms with Gasteiger partial charge < -0.3 is 11.1 Å². The summed E-state index contributed by atoms with van der Waals surface area (Å²) in [6, 6.07) is 7.09. The molecule has 0 saturated carbocycles. The van der Waals surface area contributed by atoms with Crippen LogP contribution in [-0.2, 0) is 4.79 Å². The van der Waals surface area contributed by atoms with Crippen LogP contribution in [0.5, 0.6) is 0 Å². The monoisotopic (exact) mass is 232 g/mol. The van der Waals surface area contributed by atoms with Gasteiger partial charge in [0.2, 0.25) is 11.8 Å². The molecule has 1 aromatic rings. The molecule has 0 spiro atoms. The highest BCUT2D eigenvalue weighted by Gasteiger charge is 1.98. The van der Waals surface area contributed by atoms with E-state index in [0.717, 1.165) is 12.0 Å². The van der Waals surface area contributed by atoms with Crippen molar-refractivity contribution in [1.82, 2.24) is 5.32 Å². The predicted molar refractivity (Wildman–Crippen MR) is 67.3 cm³/mol. The van der Waals surface area contributed by atoms with Crippen molar-refractivity contribution in [1.29, 1.82) is 0 Å². The van der Waals surface area contributed by atoms with Crippen LogP contribution in [0.4, 0.5) is 0 Å². The van der Waals surface area contributed by atoms with E-state index in [1.54, 1.807) is 18.2 Å². The summed E-state index contributed by atoms with van der Waals surface area (Å²) < 4.78 is 0. The molecule has 0 aromatic heterocycles. The molecule has 0 fully saturated rings. The molecule has 0 aliphatic carbocycles. The van der Waals surface area contributed by atoms with Crippen LogP contribution in [0.15, 0.2) is 30.3 Å². The topological polar surface area (TPSA) is 72.2 Å². The van der Waals surface area contributed by atoms with Gasteiger partial charge in [-0.25, -0.2) is 0 Å². The molecule has 4 nitrogen and oxygen atoms in total. The van der Waals surface area contributed by atoms with Crippen LogP contribution in [0.3, 0.4) is 0 Å². The lowest BCUT2D eigenvalue weighted by molar-refractivity contribution is -0.118. The van der Waals surface area contributed by atoms with E-state index in [2.05, 4.69) is 5.32 Å². The number of carbonyl (C=O) groups excluding carboxylic acids is 2. The number of rotatable bonds is 5. The fourth-order valence-corrected chi connectivity index (χ4v) is 1.35. The van der Waals surface area contributed by atoms with Crippen LogP contribution in [0, 0.1) is 0 Å². The molecule has 0 bridgehead atoms. The molecule has 1 aromatic carbocycles. The maximum Gasteiger partial charge on any atom is 0.248 e. The summed E-state index contributed by atoms with van der Waals surface area (Å²) in [6.45, 7) is 2.10. The summed E-state index contributed by atoms with van der Waals surface area (Å²) in [7, 11) is 0. The number of nitrogens with two attached hydrogens (primary N) is 1. The minimum Gasteiger partial charge on any atom is -0.366 e. The Labute approximate surface area is 101 Å². The molecule has 3 N–H and O–H groups in total. The number of benzene rings is 1. The van der Waals surface area contributed by atoms with Crippen molar-refractivity contribution in [2.45, 2.75) is 13.3 Å². The summed E-state index contributed by atoms with van der Waals surface area (Å²) in [5, 5.41) is 2.70. The van der Waals surface area contributed by atoms with E-state index in [9.17, 15) is 9.59 Å². The minimum atomic E-state index is -0.432. The average molecular weight is 232 g/mol. The highest BCUT2D eigenvalue weighted by Crippen LogP contribution is 2.06. The van der Waals surface area contributed by atoms with Gasteiger partial charge in [-0.05, 0) is 24.1 Å². The highest BCUT2D eigenvalue weighted by molar-refractivity contribution is 5.93. The number of nitrogens with one attached hydrogen (secondary N) is 1. The molecule has 0 saturated heterocycles. The number of hydrogen-bond donors (Lipinski definition) is 2. The zero-order valence-corrected chi connectivity index (χ0v) is 9.77. The Balaban J connectivity index is 2.50. The Bertz CT molecular complexity index is 439. The normalized spacial score (nSPS) is 10.4. The Morgan fingerprint density at radius 1 is 1.41 bits per heavy atom. The van der Waals surface area contributed by atoms with Crippen LogP contribution >= 0.6 is 0 Å². The van der Waals surface area contributed by atoms with Crippen LogP contribution in [0.2, 0.25) is 0 Å². The van der Waals surface area contributed by atoms with Gasteiger partial charge in [-0.3, -0.25) is 9.59 Å². The average Bonchev–Trinajstić information content (AvgIpc) is 2.28. The maximum absolute atomic E-state index is 11.0. The van der Waals surface area contributed by atoms with Gasteiger partial charge in [0.1, 0.15) is 0 Å². The van der Waals surface area contributed by atoms with Crippen molar-refractivity contribution < 1.29 is 9.59 Å². The van der Waals surface area contributed by atoms with Gasteiger partial charge in [0.15, 0.2) is 0 Å². The molecule has 0 aliphatic heterocycles. The van der Waals surface area contributed by atoms with Crippen molar-refractivity contribution in [3.05, 3.63) is 41.5 Å². The molecule has 2 amide bonds. The summed E-state index contributed by atoms with van der Waals surface area (Å²) >= 11 is 0. The molecule has 90 valence electrons. The second kappa shape index (κ2) is 6.48. The fraction of sp³-hybridized carbons (Fsp3) is 0.231. The summed E-state index contributed by atoms with van der Waals surface area (Å²) in [5.41, 5.74) is 6.60. The largest absolute Gasteiger partial charge is 0.366 e. The third-order valence-electron chi connectivity index (χ3n) is 2.17. The van der Waals surface area contributed by atoms with Gasteiger partial charge in [-0.2, -0.15) is 0 Å². The lowest BCUT2D eigenvalue weighted by Gasteiger charge is -1.98. The fourth-order valence-electron chi connectivity index (χ4n) is 1.35. The lowest BCUT2D eigenvalue weighted by atomic mass is 10.1. The van der Waals surface area contributed by atoms with Crippen molar-refractivity contribution >= 4 is 17.9 Å². The summed E-state index contributed by atoms with van der Waals surface area (Å²) in [6.07, 6.45) is 4.59. The van der Waals surface area contributed by atoms with Crippen molar-refractivity contribution in [2.24, 2.45) is 5.73 Å². The standard InChI is InChI=1S/C13H16N2O2/c1-10(16)15-8-3-2-5-11-6-4-7-12(9-11)13(14)17/h2,4-7,9H,3,8H2,1H3,(H2,14,17)(H,15,16). The minimum absolute atomic E-state index is 0.0332. The second-order valence-electron chi connectivity index (χ2n) is 3.66. The first kappa shape index (κ1) is 13.0. The smallest absolute Gasteiger partial charge is 0.248 e. The Hall–Kier alpha value is -2.10. The van der Waals surface area contributed by atoms with E-state index in [1.165, 1.54) is 6.92 Å². The predicted octanol–water partition coefficient (Wildman–Crippen LogP) is 1.32. The SMILES string of the molecule is CC(=O)NCCC=Cc1cccc(C(N)=O)c1. The van der Waals surface area contributed by atoms with E-state index < -0.39 is 5.91 Å². The molecular formula is C13H16N2O2. The number of carbonyl (C=O) groups is 2. The third-order valence-corrected chi connectivity index (χ3v) is 2.17. The molecule has 4 heteroatoms. The van der Waals surface area contributed by atoms with Crippen LogP contribution in [0.25, 0.3) is 6.08 Å². The molecule has 0 atom stereocenters. The molecule has 1 rings (SSSR count). The van der Waals surface area contributed by atoms with Gasteiger partial charge in [-0.15, -0.1) is 0 Å². The van der Waals surface area contributed by atoms with Crippen molar-refractivity contribution in [3.8, 4) is 0 Å². The molecule has 0 unspecified atom stereocenters. The van der Waals surface area contributed by atoms with E-state index in [1.807, 2.05) is 18.2 Å². The van der Waals surface area contributed by atoms with Gasteiger partial charge in [-0.1, -0.05) is 24.3 Å².